The van der Waals surface area contributed by atoms with E-state index in [4.69, 9.17) is 16.3 Å². The highest BCUT2D eigenvalue weighted by atomic mass is 79.9. The molecule has 0 spiro atoms. The molecule has 32 heavy (non-hydrogen) atoms. The van der Waals surface area contributed by atoms with Gasteiger partial charge in [-0.05, 0) is 97.1 Å². The van der Waals surface area contributed by atoms with Crippen molar-refractivity contribution in [1.82, 2.24) is 0 Å². The summed E-state index contributed by atoms with van der Waals surface area (Å²) in [5.41, 5.74) is 5.22. The van der Waals surface area contributed by atoms with Gasteiger partial charge in [-0.25, -0.2) is 0 Å². The predicted octanol–water partition coefficient (Wildman–Crippen LogP) is 7.15. The number of carbonyl (C=O) groups excluding carboxylic acids is 1. The number of nitriles is 1. The second-order valence-corrected chi connectivity index (χ2v) is 8.83. The van der Waals surface area contributed by atoms with Gasteiger partial charge in [-0.1, -0.05) is 39.7 Å². The third kappa shape index (κ3) is 6.00. The number of benzene rings is 3. The largest absolute Gasteiger partial charge is 0.488 e. The number of carbonyl (C=O) groups is 1. The Morgan fingerprint density at radius 2 is 1.72 bits per heavy atom. The normalized spacial score (nSPS) is 11.1. The lowest BCUT2D eigenvalue weighted by molar-refractivity contribution is -0.112. The Labute approximate surface area is 201 Å². The Balaban J connectivity index is 1.77. The predicted molar refractivity (Wildman–Crippen MR) is 133 cm³/mol. The summed E-state index contributed by atoms with van der Waals surface area (Å²) < 4.78 is 6.94. The fourth-order valence-corrected chi connectivity index (χ4v) is 3.90. The van der Waals surface area contributed by atoms with Crippen LogP contribution in [0, 0.1) is 32.1 Å². The molecule has 0 aliphatic carbocycles. The van der Waals surface area contributed by atoms with Gasteiger partial charge in [0.25, 0.3) is 5.91 Å². The van der Waals surface area contributed by atoms with Crippen LogP contribution in [0.5, 0.6) is 5.75 Å². The lowest BCUT2D eigenvalue weighted by Gasteiger charge is -2.14. The van der Waals surface area contributed by atoms with Gasteiger partial charge in [0, 0.05) is 15.2 Å². The highest BCUT2D eigenvalue weighted by Crippen LogP contribution is 2.27. The molecule has 0 aliphatic heterocycles. The maximum absolute atomic E-state index is 12.7. The Bertz CT molecular complexity index is 1200. The number of hydrogen-bond acceptors (Lipinski definition) is 3. The van der Waals surface area contributed by atoms with E-state index in [1.807, 2.05) is 75.4 Å². The smallest absolute Gasteiger partial charge is 0.266 e. The van der Waals surface area contributed by atoms with Crippen LogP contribution in [0.25, 0.3) is 6.08 Å². The van der Waals surface area contributed by atoms with Crippen LogP contribution in [-0.4, -0.2) is 5.91 Å². The molecule has 0 atom stereocenters. The molecule has 3 aromatic carbocycles. The molecule has 0 aliphatic rings. The standard InChI is InChI=1S/C26H22BrClN2O2/c1-16-12-22(27)6-9-24(16)30-26(31)21(14-29)13-20-10-17(2)25(18(3)11-20)32-15-19-4-7-23(28)8-5-19/h4-13H,15H2,1-3H3,(H,30,31)/b21-13+. The zero-order chi connectivity index (χ0) is 23.3. The molecule has 3 rings (SSSR count). The fourth-order valence-electron chi connectivity index (χ4n) is 3.30. The monoisotopic (exact) mass is 508 g/mol. The van der Waals surface area contributed by atoms with Crippen LogP contribution in [0.3, 0.4) is 0 Å². The average molecular weight is 510 g/mol. The summed E-state index contributed by atoms with van der Waals surface area (Å²) in [5.74, 6) is 0.335. The molecular formula is C26H22BrClN2O2. The zero-order valence-electron chi connectivity index (χ0n) is 18.0. The summed E-state index contributed by atoms with van der Waals surface area (Å²) >= 11 is 9.34. The van der Waals surface area contributed by atoms with Crippen molar-refractivity contribution >= 4 is 45.2 Å². The van der Waals surface area contributed by atoms with Gasteiger partial charge < -0.3 is 10.1 Å². The van der Waals surface area contributed by atoms with Gasteiger partial charge in [-0.2, -0.15) is 5.26 Å². The molecular weight excluding hydrogens is 488 g/mol. The highest BCUT2D eigenvalue weighted by molar-refractivity contribution is 9.10. The minimum absolute atomic E-state index is 0.0287. The van der Waals surface area contributed by atoms with Crippen molar-refractivity contribution in [1.29, 1.82) is 5.26 Å². The van der Waals surface area contributed by atoms with E-state index in [1.54, 1.807) is 12.1 Å². The van der Waals surface area contributed by atoms with E-state index in [2.05, 4.69) is 21.2 Å². The molecule has 162 valence electrons. The van der Waals surface area contributed by atoms with E-state index in [1.165, 1.54) is 0 Å². The van der Waals surface area contributed by atoms with Crippen molar-refractivity contribution in [3.05, 3.63) is 97.5 Å². The lowest BCUT2D eigenvalue weighted by atomic mass is 10.0. The summed E-state index contributed by atoms with van der Waals surface area (Å²) in [6.07, 6.45) is 1.59. The van der Waals surface area contributed by atoms with Crippen molar-refractivity contribution in [2.45, 2.75) is 27.4 Å². The first-order valence-electron chi connectivity index (χ1n) is 9.94. The Morgan fingerprint density at radius 1 is 1.06 bits per heavy atom. The first kappa shape index (κ1) is 23.6. The number of halogens is 2. The topological polar surface area (TPSA) is 62.1 Å². The van der Waals surface area contributed by atoms with Gasteiger partial charge in [-0.3, -0.25) is 4.79 Å². The molecule has 0 unspecified atom stereocenters. The van der Waals surface area contributed by atoms with Gasteiger partial charge in [0.1, 0.15) is 24.0 Å². The lowest BCUT2D eigenvalue weighted by Crippen LogP contribution is -2.14. The second kappa shape index (κ2) is 10.5. The number of aryl methyl sites for hydroxylation is 3. The molecule has 4 nitrogen and oxygen atoms in total. The van der Waals surface area contributed by atoms with Crippen molar-refractivity contribution in [2.75, 3.05) is 5.32 Å². The molecule has 0 radical (unpaired) electrons. The van der Waals surface area contributed by atoms with Crippen LogP contribution < -0.4 is 10.1 Å². The minimum Gasteiger partial charge on any atom is -0.488 e. The minimum atomic E-state index is -0.448. The summed E-state index contributed by atoms with van der Waals surface area (Å²) in [6, 6.07) is 18.9. The Kier molecular flexibility index (Phi) is 7.74. The maximum Gasteiger partial charge on any atom is 0.266 e. The van der Waals surface area contributed by atoms with Crippen LogP contribution >= 0.6 is 27.5 Å². The number of nitrogens with zero attached hydrogens (tertiary/aromatic N) is 1. The second-order valence-electron chi connectivity index (χ2n) is 7.48. The molecule has 0 aromatic heterocycles. The quantitative estimate of drug-likeness (QED) is 0.283. The van der Waals surface area contributed by atoms with E-state index < -0.39 is 5.91 Å². The summed E-state index contributed by atoms with van der Waals surface area (Å²) in [7, 11) is 0. The molecule has 1 N–H and O–H groups in total. The zero-order valence-corrected chi connectivity index (χ0v) is 20.3. The van der Waals surface area contributed by atoms with Crippen LogP contribution in [0.2, 0.25) is 5.02 Å². The SMILES string of the molecule is Cc1cc(Br)ccc1NC(=O)/C(C#N)=C/c1cc(C)c(OCc2ccc(Cl)cc2)c(C)c1. The van der Waals surface area contributed by atoms with E-state index >= 15 is 0 Å². The molecule has 6 heteroatoms. The number of rotatable bonds is 6. The average Bonchev–Trinajstić information content (AvgIpc) is 2.74. The van der Waals surface area contributed by atoms with Gasteiger partial charge in [0.15, 0.2) is 0 Å². The first-order chi connectivity index (χ1) is 15.3. The Morgan fingerprint density at radius 3 is 2.31 bits per heavy atom. The number of amides is 1. The third-order valence-electron chi connectivity index (χ3n) is 4.89. The van der Waals surface area contributed by atoms with E-state index in [0.717, 1.165) is 38.0 Å². The van der Waals surface area contributed by atoms with Gasteiger partial charge in [0.05, 0.1) is 0 Å². The number of anilines is 1. The molecule has 0 saturated carbocycles. The fraction of sp³-hybridized carbons (Fsp3) is 0.154. The van der Waals surface area contributed by atoms with Crippen LogP contribution in [-0.2, 0) is 11.4 Å². The van der Waals surface area contributed by atoms with Crippen LogP contribution in [0.1, 0.15) is 27.8 Å². The van der Waals surface area contributed by atoms with Crippen molar-refractivity contribution < 1.29 is 9.53 Å². The maximum atomic E-state index is 12.7. The van der Waals surface area contributed by atoms with Crippen LogP contribution in [0.15, 0.2) is 64.6 Å². The molecule has 0 fully saturated rings. The molecule has 3 aromatic rings. The van der Waals surface area contributed by atoms with Gasteiger partial charge in [-0.15, -0.1) is 0 Å². The summed E-state index contributed by atoms with van der Waals surface area (Å²) in [4.78, 5) is 12.7. The molecule has 1 amide bonds. The highest BCUT2D eigenvalue weighted by Gasteiger charge is 2.13. The summed E-state index contributed by atoms with van der Waals surface area (Å²) in [6.45, 7) is 6.20. The van der Waals surface area contributed by atoms with Crippen molar-refractivity contribution in [3.63, 3.8) is 0 Å². The number of ether oxygens (including phenoxy) is 1. The first-order valence-corrected chi connectivity index (χ1v) is 11.1. The number of nitrogens with one attached hydrogen (secondary N) is 1. The van der Waals surface area contributed by atoms with Crippen molar-refractivity contribution in [2.24, 2.45) is 0 Å². The van der Waals surface area contributed by atoms with Crippen LogP contribution in [0.4, 0.5) is 5.69 Å². The molecule has 0 saturated heterocycles. The van der Waals surface area contributed by atoms with Crippen molar-refractivity contribution in [3.8, 4) is 11.8 Å². The van der Waals surface area contributed by atoms with Gasteiger partial charge >= 0.3 is 0 Å². The summed E-state index contributed by atoms with van der Waals surface area (Å²) in [5, 5.41) is 13.0. The Hall–Kier alpha value is -3.07. The molecule has 0 bridgehead atoms. The molecule has 0 heterocycles. The van der Waals surface area contributed by atoms with Gasteiger partial charge in [0.2, 0.25) is 0 Å². The van der Waals surface area contributed by atoms with E-state index in [0.29, 0.717) is 17.3 Å². The van der Waals surface area contributed by atoms with E-state index in [-0.39, 0.29) is 5.57 Å². The number of hydrogen-bond donors (Lipinski definition) is 1. The third-order valence-corrected chi connectivity index (χ3v) is 5.64. The van der Waals surface area contributed by atoms with E-state index in [9.17, 15) is 10.1 Å².